The Kier molecular flexibility index (Phi) is 4.46. The first-order valence-corrected chi connectivity index (χ1v) is 6.31. The number of nitrogens with two attached hydrogens (primary N) is 1. The van der Waals surface area contributed by atoms with E-state index in [-0.39, 0.29) is 12.1 Å². The average molecular weight is 310 g/mol. The molecule has 1 aromatic heterocycles. The molecule has 0 atom stereocenters. The van der Waals surface area contributed by atoms with Crippen LogP contribution in [0, 0.1) is 0 Å². The SMILES string of the molecule is COC(=O)c1cnc(-c2ccc(C(F)(F)F)cc2)cc1CN. The maximum absolute atomic E-state index is 12.5. The van der Waals surface area contributed by atoms with Crippen LogP contribution >= 0.6 is 0 Å². The number of hydrogen-bond donors (Lipinski definition) is 1. The number of carbonyl (C=O) groups excluding carboxylic acids is 1. The van der Waals surface area contributed by atoms with Crippen LogP contribution in [-0.4, -0.2) is 18.1 Å². The maximum atomic E-state index is 12.5. The van der Waals surface area contributed by atoms with Crippen LogP contribution in [0.4, 0.5) is 13.2 Å². The van der Waals surface area contributed by atoms with Gasteiger partial charge in [-0.25, -0.2) is 4.79 Å². The normalized spacial score (nSPS) is 11.3. The number of carbonyl (C=O) groups is 1. The molecule has 4 nitrogen and oxygen atoms in total. The summed E-state index contributed by atoms with van der Waals surface area (Å²) in [6.07, 6.45) is -3.08. The zero-order valence-corrected chi connectivity index (χ0v) is 11.6. The molecule has 2 rings (SSSR count). The molecule has 0 saturated heterocycles. The molecule has 0 bridgehead atoms. The van der Waals surface area contributed by atoms with Crippen LogP contribution in [0.25, 0.3) is 11.3 Å². The lowest BCUT2D eigenvalue weighted by Gasteiger charge is -2.10. The van der Waals surface area contributed by atoms with Crippen molar-refractivity contribution < 1.29 is 22.7 Å². The van der Waals surface area contributed by atoms with Crippen molar-refractivity contribution in [1.29, 1.82) is 0 Å². The van der Waals surface area contributed by atoms with Crippen molar-refractivity contribution in [2.45, 2.75) is 12.7 Å². The van der Waals surface area contributed by atoms with Gasteiger partial charge in [-0.15, -0.1) is 0 Å². The molecular formula is C15H13F3N2O2. The van der Waals surface area contributed by atoms with Gasteiger partial charge in [-0.1, -0.05) is 12.1 Å². The molecule has 0 radical (unpaired) electrons. The van der Waals surface area contributed by atoms with E-state index in [9.17, 15) is 18.0 Å². The molecule has 0 aliphatic rings. The summed E-state index contributed by atoms with van der Waals surface area (Å²) in [7, 11) is 1.24. The number of rotatable bonds is 3. The topological polar surface area (TPSA) is 65.2 Å². The number of pyridine rings is 1. The number of ether oxygens (including phenoxy) is 1. The molecule has 1 aromatic carbocycles. The molecular weight excluding hydrogens is 297 g/mol. The Morgan fingerprint density at radius 1 is 1.27 bits per heavy atom. The first kappa shape index (κ1) is 16.0. The molecule has 0 aliphatic carbocycles. The van der Waals surface area contributed by atoms with Gasteiger partial charge in [0.25, 0.3) is 0 Å². The highest BCUT2D eigenvalue weighted by Gasteiger charge is 2.30. The van der Waals surface area contributed by atoms with E-state index in [0.29, 0.717) is 16.8 Å². The van der Waals surface area contributed by atoms with Crippen LogP contribution in [0.15, 0.2) is 36.5 Å². The van der Waals surface area contributed by atoms with Gasteiger partial charge >= 0.3 is 12.1 Å². The Morgan fingerprint density at radius 3 is 2.41 bits per heavy atom. The van der Waals surface area contributed by atoms with Crippen LogP contribution in [0.5, 0.6) is 0 Å². The zero-order chi connectivity index (χ0) is 16.3. The fraction of sp³-hybridized carbons (Fsp3) is 0.200. The molecule has 116 valence electrons. The minimum Gasteiger partial charge on any atom is -0.465 e. The summed E-state index contributed by atoms with van der Waals surface area (Å²) in [5.74, 6) is -0.563. The van der Waals surface area contributed by atoms with Crippen molar-refractivity contribution in [3.05, 3.63) is 53.2 Å². The highest BCUT2D eigenvalue weighted by Crippen LogP contribution is 2.30. The van der Waals surface area contributed by atoms with Crippen molar-refractivity contribution in [2.24, 2.45) is 5.73 Å². The predicted octanol–water partition coefficient (Wildman–Crippen LogP) is 3.01. The quantitative estimate of drug-likeness (QED) is 0.885. The van der Waals surface area contributed by atoms with Crippen molar-refractivity contribution in [3.63, 3.8) is 0 Å². The van der Waals surface area contributed by atoms with Gasteiger partial charge in [0.05, 0.1) is 23.9 Å². The number of esters is 1. The second kappa shape index (κ2) is 6.15. The number of alkyl halides is 3. The summed E-state index contributed by atoms with van der Waals surface area (Å²) in [6.45, 7) is 0.0839. The Morgan fingerprint density at radius 2 is 1.91 bits per heavy atom. The Bertz CT molecular complexity index is 682. The second-order valence-corrected chi connectivity index (χ2v) is 4.50. The Balaban J connectivity index is 2.39. The molecule has 0 aliphatic heterocycles. The highest BCUT2D eigenvalue weighted by atomic mass is 19.4. The number of halogens is 3. The van der Waals surface area contributed by atoms with E-state index in [1.165, 1.54) is 25.4 Å². The molecule has 0 spiro atoms. The molecule has 0 amide bonds. The lowest BCUT2D eigenvalue weighted by Crippen LogP contribution is -2.10. The number of hydrogen-bond acceptors (Lipinski definition) is 4. The van der Waals surface area contributed by atoms with Crippen molar-refractivity contribution in [2.75, 3.05) is 7.11 Å². The fourth-order valence-electron chi connectivity index (χ4n) is 1.95. The molecule has 7 heteroatoms. The number of methoxy groups -OCH3 is 1. The van der Waals surface area contributed by atoms with Gasteiger partial charge in [0.2, 0.25) is 0 Å². The molecule has 2 aromatic rings. The fourth-order valence-corrected chi connectivity index (χ4v) is 1.95. The first-order valence-electron chi connectivity index (χ1n) is 6.31. The molecule has 22 heavy (non-hydrogen) atoms. The summed E-state index contributed by atoms with van der Waals surface area (Å²) in [6, 6.07) is 6.17. The van der Waals surface area contributed by atoms with Crippen LogP contribution in [0.1, 0.15) is 21.5 Å². The van der Waals surface area contributed by atoms with E-state index in [2.05, 4.69) is 9.72 Å². The summed E-state index contributed by atoms with van der Waals surface area (Å²) in [4.78, 5) is 15.6. The van der Waals surface area contributed by atoms with E-state index in [0.717, 1.165) is 12.1 Å². The van der Waals surface area contributed by atoms with E-state index in [4.69, 9.17) is 5.73 Å². The number of aromatic nitrogens is 1. The Labute approximate surface area is 124 Å². The van der Waals surface area contributed by atoms with Crippen LogP contribution in [-0.2, 0) is 17.5 Å². The first-order chi connectivity index (χ1) is 10.4. The maximum Gasteiger partial charge on any atom is 0.416 e. The highest BCUT2D eigenvalue weighted by molar-refractivity contribution is 5.91. The van der Waals surface area contributed by atoms with Gasteiger partial charge in [0.1, 0.15) is 0 Å². The third kappa shape index (κ3) is 3.25. The van der Waals surface area contributed by atoms with Gasteiger partial charge in [-0.3, -0.25) is 4.98 Å². The third-order valence-corrected chi connectivity index (χ3v) is 3.12. The minimum atomic E-state index is -4.39. The monoisotopic (exact) mass is 310 g/mol. The zero-order valence-electron chi connectivity index (χ0n) is 11.6. The molecule has 0 unspecified atom stereocenters. The van der Waals surface area contributed by atoms with Crippen LogP contribution < -0.4 is 5.73 Å². The van der Waals surface area contributed by atoms with Crippen LogP contribution in [0.2, 0.25) is 0 Å². The summed E-state index contributed by atoms with van der Waals surface area (Å²) in [5.41, 5.74) is 6.53. The van der Waals surface area contributed by atoms with Gasteiger partial charge in [0, 0.05) is 18.3 Å². The lowest BCUT2D eigenvalue weighted by molar-refractivity contribution is -0.137. The van der Waals surface area contributed by atoms with Gasteiger partial charge in [-0.2, -0.15) is 13.2 Å². The molecule has 0 fully saturated rings. The van der Waals surface area contributed by atoms with E-state index < -0.39 is 17.7 Å². The van der Waals surface area contributed by atoms with E-state index >= 15 is 0 Å². The van der Waals surface area contributed by atoms with Crippen molar-refractivity contribution in [3.8, 4) is 11.3 Å². The largest absolute Gasteiger partial charge is 0.465 e. The standard InChI is InChI=1S/C15H13F3N2O2/c1-22-14(21)12-8-20-13(6-10(12)7-19)9-2-4-11(5-3-9)15(16,17)18/h2-6,8H,7,19H2,1H3. The predicted molar refractivity (Wildman–Crippen MR) is 73.9 cm³/mol. The smallest absolute Gasteiger partial charge is 0.416 e. The third-order valence-electron chi connectivity index (χ3n) is 3.12. The van der Waals surface area contributed by atoms with Gasteiger partial charge in [-0.05, 0) is 23.8 Å². The summed E-state index contributed by atoms with van der Waals surface area (Å²) in [5, 5.41) is 0. The van der Waals surface area contributed by atoms with E-state index in [1.807, 2.05) is 0 Å². The van der Waals surface area contributed by atoms with Crippen molar-refractivity contribution in [1.82, 2.24) is 4.98 Å². The minimum absolute atomic E-state index is 0.0839. The number of benzene rings is 1. The Hall–Kier alpha value is -2.41. The van der Waals surface area contributed by atoms with Crippen molar-refractivity contribution >= 4 is 5.97 Å². The van der Waals surface area contributed by atoms with Gasteiger partial charge in [0.15, 0.2) is 0 Å². The molecule has 2 N–H and O–H groups in total. The lowest BCUT2D eigenvalue weighted by atomic mass is 10.0. The van der Waals surface area contributed by atoms with E-state index in [1.54, 1.807) is 6.07 Å². The summed E-state index contributed by atoms with van der Waals surface area (Å²) < 4.78 is 42.2. The number of nitrogens with zero attached hydrogens (tertiary/aromatic N) is 1. The average Bonchev–Trinajstić information content (AvgIpc) is 2.52. The molecule has 0 saturated carbocycles. The van der Waals surface area contributed by atoms with Gasteiger partial charge < -0.3 is 10.5 Å². The molecule has 1 heterocycles. The second-order valence-electron chi connectivity index (χ2n) is 4.50. The summed E-state index contributed by atoms with van der Waals surface area (Å²) >= 11 is 0. The van der Waals surface area contributed by atoms with Crippen LogP contribution in [0.3, 0.4) is 0 Å².